The van der Waals surface area contributed by atoms with Gasteiger partial charge in [-0.05, 0) is 6.42 Å². The zero-order chi connectivity index (χ0) is 6.41. The number of unbranched alkanes of at least 4 members (excludes halogenated alkanes) is 1. The van der Waals surface area contributed by atoms with Crippen LogP contribution in [0.2, 0.25) is 0 Å². The van der Waals surface area contributed by atoms with Gasteiger partial charge in [-0.1, -0.05) is 13.3 Å². The molecule has 0 aromatic carbocycles. The number of carbonyl (C=O) groups excluding carboxylic acids is 1. The van der Waals surface area contributed by atoms with Gasteiger partial charge in [-0.3, -0.25) is 4.79 Å². The second kappa shape index (κ2) is 4.59. The highest BCUT2D eigenvalue weighted by atomic mass is 16.5. The molecule has 0 spiro atoms. The van der Waals surface area contributed by atoms with Gasteiger partial charge in [0.05, 0.1) is 0 Å². The first kappa shape index (κ1) is 7.43. The highest BCUT2D eigenvalue weighted by Crippen LogP contribution is 1.91. The van der Waals surface area contributed by atoms with Crippen LogP contribution in [0.25, 0.3) is 0 Å². The molecule has 0 aromatic rings. The van der Waals surface area contributed by atoms with E-state index >= 15 is 0 Å². The lowest BCUT2D eigenvalue weighted by molar-refractivity contribution is -0.129. The third-order valence-electron chi connectivity index (χ3n) is 0.897. The van der Waals surface area contributed by atoms with Crippen molar-refractivity contribution in [3.8, 4) is 0 Å². The van der Waals surface area contributed by atoms with Gasteiger partial charge in [-0.15, -0.1) is 5.48 Å². The summed E-state index contributed by atoms with van der Waals surface area (Å²) in [6.07, 6.45) is 2.37. The van der Waals surface area contributed by atoms with Gasteiger partial charge in [0, 0.05) is 6.42 Å². The standard InChI is InChI=1S/C5H11NO2/c1-2-3-4-5(7)6-8/h8H,2-4H2,1H3,(H,6,7)/p+1. The molecule has 0 aromatic heterocycles. The van der Waals surface area contributed by atoms with Gasteiger partial charge in [0.15, 0.2) is 0 Å². The summed E-state index contributed by atoms with van der Waals surface area (Å²) in [7, 11) is 0. The third-order valence-corrected chi connectivity index (χ3v) is 0.897. The lowest BCUT2D eigenvalue weighted by atomic mass is 10.2. The minimum absolute atomic E-state index is 0.188. The summed E-state index contributed by atoms with van der Waals surface area (Å²) in [5.41, 5.74) is 1.81. The molecule has 0 unspecified atom stereocenters. The number of hydroxylamine groups is 1. The lowest BCUT2D eigenvalue weighted by Crippen LogP contribution is -2.17. The molecule has 0 bridgehead atoms. The van der Waals surface area contributed by atoms with Crippen molar-refractivity contribution in [1.29, 1.82) is 0 Å². The fourth-order valence-electron chi connectivity index (χ4n) is 0.400. The molecule has 3 heteroatoms. The van der Waals surface area contributed by atoms with E-state index in [9.17, 15) is 4.79 Å². The highest BCUT2D eigenvalue weighted by Gasteiger charge is 1.96. The van der Waals surface area contributed by atoms with Crippen molar-refractivity contribution in [2.75, 3.05) is 0 Å². The Bertz CT molecular complexity index is 72.8. The van der Waals surface area contributed by atoms with Gasteiger partial charge in [0.1, 0.15) is 0 Å². The average molecular weight is 118 g/mol. The monoisotopic (exact) mass is 118 g/mol. The number of hydrogen-bond acceptors (Lipinski definition) is 1. The minimum atomic E-state index is -0.188. The van der Waals surface area contributed by atoms with Crippen LogP contribution in [-0.2, 0) is 4.79 Å². The number of rotatable bonds is 3. The largest absolute Gasteiger partial charge is 0.310 e. The van der Waals surface area contributed by atoms with Gasteiger partial charge in [0.25, 0.3) is 5.91 Å². The van der Waals surface area contributed by atoms with Crippen molar-refractivity contribution >= 4 is 5.91 Å². The summed E-state index contributed by atoms with van der Waals surface area (Å²) in [4.78, 5) is 10.3. The maximum atomic E-state index is 10.3. The van der Waals surface area contributed by atoms with Crippen molar-refractivity contribution in [2.45, 2.75) is 26.2 Å². The van der Waals surface area contributed by atoms with E-state index in [0.29, 0.717) is 6.42 Å². The SMILES string of the molecule is CCCCC(=O)N[OH2+]. The molecule has 3 nitrogen and oxygen atoms in total. The Morgan fingerprint density at radius 3 is 2.75 bits per heavy atom. The van der Waals surface area contributed by atoms with E-state index in [1.807, 2.05) is 12.4 Å². The molecule has 0 radical (unpaired) electrons. The molecule has 0 aliphatic carbocycles. The predicted octanol–water partition coefficient (Wildman–Crippen LogP) is -0.0676. The Morgan fingerprint density at radius 1 is 1.75 bits per heavy atom. The molecule has 0 atom stereocenters. The molecule has 1 amide bonds. The molecule has 0 heterocycles. The van der Waals surface area contributed by atoms with E-state index in [1.165, 1.54) is 0 Å². The van der Waals surface area contributed by atoms with Crippen LogP contribution in [0.5, 0.6) is 0 Å². The molecule has 0 rings (SSSR count). The van der Waals surface area contributed by atoms with Gasteiger partial charge < -0.3 is 5.21 Å². The van der Waals surface area contributed by atoms with Crippen molar-refractivity contribution in [3.05, 3.63) is 0 Å². The van der Waals surface area contributed by atoms with Crippen LogP contribution < -0.4 is 5.48 Å². The Hall–Kier alpha value is -0.570. The zero-order valence-electron chi connectivity index (χ0n) is 5.03. The van der Waals surface area contributed by atoms with Crippen molar-refractivity contribution in [2.24, 2.45) is 0 Å². The first-order valence-electron chi connectivity index (χ1n) is 2.76. The molecule has 3 N–H and O–H groups in total. The third kappa shape index (κ3) is 3.61. The summed E-state index contributed by atoms with van der Waals surface area (Å²) in [6.45, 7) is 2.01. The van der Waals surface area contributed by atoms with E-state index in [1.54, 1.807) is 0 Å². The van der Waals surface area contributed by atoms with Crippen LogP contribution in [0.3, 0.4) is 0 Å². The second-order valence-corrected chi connectivity index (χ2v) is 1.65. The van der Waals surface area contributed by atoms with Crippen molar-refractivity contribution in [1.82, 2.24) is 5.48 Å². The van der Waals surface area contributed by atoms with Gasteiger partial charge in [-0.25, -0.2) is 0 Å². The number of carbonyl (C=O) groups is 1. The van der Waals surface area contributed by atoms with E-state index in [-0.39, 0.29) is 5.91 Å². The number of amides is 1. The zero-order valence-corrected chi connectivity index (χ0v) is 5.03. The first-order chi connectivity index (χ1) is 3.81. The van der Waals surface area contributed by atoms with Crippen LogP contribution in [0.1, 0.15) is 26.2 Å². The molecular formula is C5H12NO2+. The minimum Gasteiger partial charge on any atom is -0.310 e. The van der Waals surface area contributed by atoms with Crippen LogP contribution in [-0.4, -0.2) is 11.1 Å². The van der Waals surface area contributed by atoms with Crippen LogP contribution >= 0.6 is 0 Å². The molecule has 0 aliphatic heterocycles. The Labute approximate surface area is 48.7 Å². The van der Waals surface area contributed by atoms with Gasteiger partial charge in [0.2, 0.25) is 0 Å². The molecule has 0 fully saturated rings. The lowest BCUT2D eigenvalue weighted by Gasteiger charge is -1.90. The van der Waals surface area contributed by atoms with Gasteiger partial charge >= 0.3 is 0 Å². The molecule has 0 saturated heterocycles. The summed E-state index contributed by atoms with van der Waals surface area (Å²) in [5, 5.41) is 6.39. The fraction of sp³-hybridized carbons (Fsp3) is 0.800. The average Bonchev–Trinajstić information content (AvgIpc) is 1.83. The smallest absolute Gasteiger partial charge is 0.283 e. The van der Waals surface area contributed by atoms with Crippen LogP contribution in [0.4, 0.5) is 0 Å². The summed E-state index contributed by atoms with van der Waals surface area (Å²) in [6, 6.07) is 0. The highest BCUT2D eigenvalue weighted by molar-refractivity contribution is 5.74. The van der Waals surface area contributed by atoms with Crippen molar-refractivity contribution in [3.63, 3.8) is 0 Å². The summed E-state index contributed by atoms with van der Waals surface area (Å²) in [5.74, 6) is -0.188. The maximum absolute atomic E-state index is 10.3. The van der Waals surface area contributed by atoms with Crippen LogP contribution in [0.15, 0.2) is 0 Å². The molecule has 0 saturated carbocycles. The summed E-state index contributed by atoms with van der Waals surface area (Å²) < 4.78 is 0. The normalized spacial score (nSPS) is 8.75. The first-order valence-corrected chi connectivity index (χ1v) is 2.76. The summed E-state index contributed by atoms with van der Waals surface area (Å²) >= 11 is 0. The fourth-order valence-corrected chi connectivity index (χ4v) is 0.400. The maximum Gasteiger partial charge on any atom is 0.283 e. The molecular weight excluding hydrogens is 106 g/mol. The molecule has 0 aliphatic rings. The van der Waals surface area contributed by atoms with E-state index < -0.39 is 0 Å². The quantitative estimate of drug-likeness (QED) is 0.409. The number of hydrogen-bond donors (Lipinski definition) is 1. The topological polar surface area (TPSA) is 52.0 Å². The van der Waals surface area contributed by atoms with E-state index in [2.05, 4.69) is 0 Å². The Balaban J connectivity index is 2.99. The predicted molar refractivity (Wildman–Crippen MR) is 31.3 cm³/mol. The second-order valence-electron chi connectivity index (χ2n) is 1.65. The van der Waals surface area contributed by atoms with Crippen molar-refractivity contribution < 1.29 is 10.0 Å². The number of nitrogens with one attached hydrogen (secondary N) is 1. The van der Waals surface area contributed by atoms with Crippen LogP contribution in [0, 0.1) is 0 Å². The van der Waals surface area contributed by atoms with E-state index in [0.717, 1.165) is 12.8 Å². The Kier molecular flexibility index (Phi) is 4.26. The molecule has 8 heavy (non-hydrogen) atoms. The Morgan fingerprint density at radius 2 is 2.38 bits per heavy atom. The van der Waals surface area contributed by atoms with Gasteiger partial charge in [-0.2, -0.15) is 0 Å². The molecule has 48 valence electrons. The van der Waals surface area contributed by atoms with E-state index in [4.69, 9.17) is 5.21 Å².